The van der Waals surface area contributed by atoms with Gasteiger partial charge in [-0.3, -0.25) is 10.1 Å². The number of hydrogen-bond donors (Lipinski definition) is 2. The summed E-state index contributed by atoms with van der Waals surface area (Å²) in [6.45, 7) is 4.42. The zero-order valence-corrected chi connectivity index (χ0v) is 14.3. The highest BCUT2D eigenvalue weighted by atomic mass is 79.9. The molecule has 0 amide bonds. The van der Waals surface area contributed by atoms with Gasteiger partial charge in [0.1, 0.15) is 17.6 Å². The first-order valence-corrected chi connectivity index (χ1v) is 8.06. The molecular formula is C17H20BrNO3. The van der Waals surface area contributed by atoms with Crippen LogP contribution in [0.3, 0.4) is 0 Å². The predicted octanol–water partition coefficient (Wildman–Crippen LogP) is 4.30. The van der Waals surface area contributed by atoms with Crippen LogP contribution in [0.4, 0.5) is 0 Å². The number of aliphatic carboxylic acids is 1. The smallest absolute Gasteiger partial charge is 0.320 e. The fourth-order valence-electron chi connectivity index (χ4n) is 2.21. The molecule has 1 aromatic carbocycles. The highest BCUT2D eigenvalue weighted by molar-refractivity contribution is 9.10. The molecule has 22 heavy (non-hydrogen) atoms. The van der Waals surface area contributed by atoms with Crippen LogP contribution in [0.2, 0.25) is 0 Å². The Kier molecular flexibility index (Phi) is 5.80. The van der Waals surface area contributed by atoms with E-state index in [2.05, 4.69) is 21.2 Å². The van der Waals surface area contributed by atoms with Gasteiger partial charge in [0.25, 0.3) is 0 Å². The van der Waals surface area contributed by atoms with E-state index in [0.29, 0.717) is 18.9 Å². The first-order chi connectivity index (χ1) is 10.5. The number of carbonyl (C=O) groups is 1. The van der Waals surface area contributed by atoms with Crippen molar-refractivity contribution in [3.8, 4) is 11.3 Å². The van der Waals surface area contributed by atoms with Crippen molar-refractivity contribution < 1.29 is 14.3 Å². The van der Waals surface area contributed by atoms with Gasteiger partial charge in [0, 0.05) is 10.0 Å². The van der Waals surface area contributed by atoms with Gasteiger partial charge in [-0.1, -0.05) is 41.9 Å². The molecule has 118 valence electrons. The summed E-state index contributed by atoms with van der Waals surface area (Å²) in [7, 11) is 0. The minimum atomic E-state index is -0.826. The number of rotatable bonds is 7. The minimum absolute atomic E-state index is 0.323. The van der Waals surface area contributed by atoms with E-state index in [4.69, 9.17) is 4.42 Å². The van der Waals surface area contributed by atoms with E-state index in [0.717, 1.165) is 21.6 Å². The van der Waals surface area contributed by atoms with Crippen molar-refractivity contribution >= 4 is 21.9 Å². The number of nitrogens with one attached hydrogen (secondary N) is 1. The molecular weight excluding hydrogens is 346 g/mol. The Morgan fingerprint density at radius 3 is 2.50 bits per heavy atom. The molecule has 1 unspecified atom stereocenters. The maximum atomic E-state index is 11.2. The van der Waals surface area contributed by atoms with Gasteiger partial charge in [-0.25, -0.2) is 0 Å². The molecule has 2 N–H and O–H groups in total. The molecule has 1 heterocycles. The van der Waals surface area contributed by atoms with Crippen molar-refractivity contribution in [2.45, 2.75) is 32.9 Å². The predicted molar refractivity (Wildman–Crippen MR) is 89.6 cm³/mol. The number of halogens is 1. The Hall–Kier alpha value is -1.59. The molecule has 0 saturated carbocycles. The Balaban J connectivity index is 1.99. The van der Waals surface area contributed by atoms with E-state index >= 15 is 0 Å². The van der Waals surface area contributed by atoms with Gasteiger partial charge < -0.3 is 9.52 Å². The molecule has 0 aliphatic heterocycles. The zero-order valence-electron chi connectivity index (χ0n) is 12.7. The lowest BCUT2D eigenvalue weighted by Gasteiger charge is -2.15. The molecule has 0 radical (unpaired) electrons. The second-order valence-electron chi connectivity index (χ2n) is 5.67. The van der Waals surface area contributed by atoms with Crippen molar-refractivity contribution in [1.29, 1.82) is 0 Å². The van der Waals surface area contributed by atoms with Gasteiger partial charge in [-0.2, -0.15) is 0 Å². The van der Waals surface area contributed by atoms with Crippen LogP contribution in [0.15, 0.2) is 45.3 Å². The summed E-state index contributed by atoms with van der Waals surface area (Å²) < 4.78 is 6.79. The van der Waals surface area contributed by atoms with Crippen LogP contribution < -0.4 is 5.32 Å². The third-order valence-corrected chi connectivity index (χ3v) is 3.85. The van der Waals surface area contributed by atoms with E-state index in [1.165, 1.54) is 0 Å². The molecule has 0 aliphatic carbocycles. The van der Waals surface area contributed by atoms with E-state index in [1.54, 1.807) is 0 Å². The molecule has 0 bridgehead atoms. The standard InChI is InChI=1S/C17H20BrNO3/c1-11(2)9-15(17(20)21)19-10-14-7-8-16(22-14)12-3-5-13(18)6-4-12/h3-8,11,15,19H,9-10H2,1-2H3,(H,20,21). The van der Waals surface area contributed by atoms with Crippen molar-refractivity contribution in [3.05, 3.63) is 46.6 Å². The van der Waals surface area contributed by atoms with Crippen molar-refractivity contribution in [2.75, 3.05) is 0 Å². The normalized spacial score (nSPS) is 12.5. The Labute approximate surface area is 138 Å². The molecule has 2 aromatic rings. The third kappa shape index (κ3) is 4.71. The van der Waals surface area contributed by atoms with Crippen molar-refractivity contribution in [2.24, 2.45) is 5.92 Å². The fourth-order valence-corrected chi connectivity index (χ4v) is 2.47. The fraction of sp³-hybridized carbons (Fsp3) is 0.353. The van der Waals surface area contributed by atoms with Crippen LogP contribution in [-0.4, -0.2) is 17.1 Å². The van der Waals surface area contributed by atoms with E-state index in [-0.39, 0.29) is 0 Å². The van der Waals surface area contributed by atoms with Gasteiger partial charge in [-0.05, 0) is 36.6 Å². The van der Waals surface area contributed by atoms with Crippen LogP contribution in [-0.2, 0) is 11.3 Å². The van der Waals surface area contributed by atoms with Crippen LogP contribution in [0, 0.1) is 5.92 Å². The monoisotopic (exact) mass is 365 g/mol. The molecule has 0 aliphatic rings. The summed E-state index contributed by atoms with van der Waals surface area (Å²) in [5.41, 5.74) is 0.992. The van der Waals surface area contributed by atoms with Crippen molar-refractivity contribution in [1.82, 2.24) is 5.32 Å². The van der Waals surface area contributed by atoms with Gasteiger partial charge in [0.15, 0.2) is 0 Å². The van der Waals surface area contributed by atoms with E-state index < -0.39 is 12.0 Å². The Bertz CT molecular complexity index is 619. The van der Waals surface area contributed by atoms with Crippen LogP contribution in [0.1, 0.15) is 26.0 Å². The molecule has 0 spiro atoms. The molecule has 2 rings (SSSR count). The summed E-state index contributed by atoms with van der Waals surface area (Å²) in [6, 6.07) is 11.1. The van der Waals surface area contributed by atoms with E-state index in [1.807, 2.05) is 50.2 Å². The average Bonchev–Trinajstić information content (AvgIpc) is 2.92. The van der Waals surface area contributed by atoms with Gasteiger partial charge in [0.2, 0.25) is 0 Å². The average molecular weight is 366 g/mol. The maximum absolute atomic E-state index is 11.2. The molecule has 4 nitrogen and oxygen atoms in total. The quantitative estimate of drug-likeness (QED) is 0.767. The van der Waals surface area contributed by atoms with E-state index in [9.17, 15) is 9.90 Å². The lowest BCUT2D eigenvalue weighted by Crippen LogP contribution is -2.37. The van der Waals surface area contributed by atoms with Gasteiger partial charge in [-0.15, -0.1) is 0 Å². The second kappa shape index (κ2) is 7.61. The number of furan rings is 1. The highest BCUT2D eigenvalue weighted by Crippen LogP contribution is 2.24. The topological polar surface area (TPSA) is 62.5 Å². The van der Waals surface area contributed by atoms with Crippen molar-refractivity contribution in [3.63, 3.8) is 0 Å². The van der Waals surface area contributed by atoms with Crippen LogP contribution in [0.5, 0.6) is 0 Å². The lowest BCUT2D eigenvalue weighted by molar-refractivity contribution is -0.140. The molecule has 5 heteroatoms. The number of carboxylic acid groups (broad SMARTS) is 1. The number of hydrogen-bond acceptors (Lipinski definition) is 3. The minimum Gasteiger partial charge on any atom is -0.480 e. The van der Waals surface area contributed by atoms with Gasteiger partial charge in [0.05, 0.1) is 6.54 Å². The largest absolute Gasteiger partial charge is 0.480 e. The first-order valence-electron chi connectivity index (χ1n) is 7.26. The molecule has 1 atom stereocenters. The second-order valence-corrected chi connectivity index (χ2v) is 6.59. The summed E-state index contributed by atoms with van der Waals surface area (Å²) in [5.74, 6) is 1.00. The third-order valence-electron chi connectivity index (χ3n) is 3.32. The zero-order chi connectivity index (χ0) is 16.1. The highest BCUT2D eigenvalue weighted by Gasteiger charge is 2.18. The van der Waals surface area contributed by atoms with Crippen LogP contribution >= 0.6 is 15.9 Å². The summed E-state index contributed by atoms with van der Waals surface area (Å²) >= 11 is 3.40. The maximum Gasteiger partial charge on any atom is 0.320 e. The molecule has 0 saturated heterocycles. The Morgan fingerprint density at radius 2 is 1.91 bits per heavy atom. The lowest BCUT2D eigenvalue weighted by atomic mass is 10.0. The van der Waals surface area contributed by atoms with Gasteiger partial charge >= 0.3 is 5.97 Å². The summed E-state index contributed by atoms with van der Waals surface area (Å²) in [5, 5.41) is 12.3. The summed E-state index contributed by atoms with van der Waals surface area (Å²) in [4.78, 5) is 11.2. The molecule has 0 fully saturated rings. The first kappa shape index (κ1) is 16.8. The van der Waals surface area contributed by atoms with Crippen LogP contribution in [0.25, 0.3) is 11.3 Å². The Morgan fingerprint density at radius 1 is 1.23 bits per heavy atom. The number of benzene rings is 1. The molecule has 1 aromatic heterocycles. The summed E-state index contributed by atoms with van der Waals surface area (Å²) in [6.07, 6.45) is 0.593. The number of carboxylic acids is 1. The SMILES string of the molecule is CC(C)CC(NCc1ccc(-c2ccc(Br)cc2)o1)C(=O)O.